The Labute approximate surface area is 103 Å². The molecule has 0 radical (unpaired) electrons. The first kappa shape index (κ1) is 13.3. The smallest absolute Gasteiger partial charge is 0.0840 e. The molecular weight excluding hydrogens is 216 g/mol. The van der Waals surface area contributed by atoms with Crippen molar-refractivity contribution in [1.82, 2.24) is 0 Å². The summed E-state index contributed by atoms with van der Waals surface area (Å²) in [6.45, 7) is 4.19. The van der Waals surface area contributed by atoms with E-state index in [-0.39, 0.29) is 11.4 Å². The fourth-order valence-corrected chi connectivity index (χ4v) is 2.32. The predicted octanol–water partition coefficient (Wildman–Crippen LogP) is 3.88. The molecule has 2 atom stereocenters. The number of thioether (sulfide) groups is 1. The van der Waals surface area contributed by atoms with Gasteiger partial charge in [0.2, 0.25) is 0 Å². The van der Waals surface area contributed by atoms with Gasteiger partial charge in [0.15, 0.2) is 0 Å². The van der Waals surface area contributed by atoms with E-state index in [1.807, 2.05) is 24.3 Å². The van der Waals surface area contributed by atoms with Crippen molar-refractivity contribution in [2.45, 2.75) is 42.9 Å². The number of aliphatic hydroxyl groups excluding tert-OH is 1. The van der Waals surface area contributed by atoms with Gasteiger partial charge in [-0.25, -0.2) is 0 Å². The third kappa shape index (κ3) is 4.86. The van der Waals surface area contributed by atoms with Gasteiger partial charge in [0.1, 0.15) is 0 Å². The van der Waals surface area contributed by atoms with Crippen LogP contribution in [-0.2, 0) is 0 Å². The van der Waals surface area contributed by atoms with Crippen molar-refractivity contribution in [3.8, 4) is 0 Å². The van der Waals surface area contributed by atoms with E-state index in [1.165, 1.54) is 4.90 Å². The molecule has 1 nitrogen and oxygen atoms in total. The average molecular weight is 236 g/mol. The fourth-order valence-electron chi connectivity index (χ4n) is 1.34. The molecule has 0 aliphatic rings. The Balaban J connectivity index is 2.42. The van der Waals surface area contributed by atoms with E-state index in [4.69, 9.17) is 0 Å². The van der Waals surface area contributed by atoms with Crippen LogP contribution in [0, 0.1) is 0 Å². The molecule has 0 heterocycles. The molecule has 1 N–H and O–H groups in total. The number of benzene rings is 1. The molecule has 0 bridgehead atoms. The van der Waals surface area contributed by atoms with E-state index in [0.717, 1.165) is 12.8 Å². The van der Waals surface area contributed by atoms with Gasteiger partial charge < -0.3 is 5.11 Å². The van der Waals surface area contributed by atoms with Crippen LogP contribution in [0.15, 0.2) is 47.4 Å². The van der Waals surface area contributed by atoms with Gasteiger partial charge in [0, 0.05) is 10.1 Å². The van der Waals surface area contributed by atoms with E-state index in [0.29, 0.717) is 0 Å². The summed E-state index contributed by atoms with van der Waals surface area (Å²) in [5.41, 5.74) is 0. The van der Waals surface area contributed by atoms with Gasteiger partial charge in [-0.3, -0.25) is 0 Å². The Bertz CT molecular complexity index is 308. The normalized spacial score (nSPS) is 15.2. The van der Waals surface area contributed by atoms with Crippen LogP contribution in [0.2, 0.25) is 0 Å². The maximum absolute atomic E-state index is 9.90. The highest BCUT2D eigenvalue weighted by atomic mass is 32.2. The van der Waals surface area contributed by atoms with E-state index in [2.05, 4.69) is 32.1 Å². The SMILES string of the molecule is CCC/C=C/C(O)C(C)Sc1ccccc1. The highest BCUT2D eigenvalue weighted by Crippen LogP contribution is 2.25. The van der Waals surface area contributed by atoms with Gasteiger partial charge in [-0.05, 0) is 18.6 Å². The van der Waals surface area contributed by atoms with Gasteiger partial charge in [0.05, 0.1) is 6.10 Å². The first-order chi connectivity index (χ1) is 7.74. The first-order valence-electron chi connectivity index (χ1n) is 5.80. The zero-order valence-corrected chi connectivity index (χ0v) is 10.8. The van der Waals surface area contributed by atoms with Gasteiger partial charge in [0.25, 0.3) is 0 Å². The first-order valence-corrected chi connectivity index (χ1v) is 6.68. The van der Waals surface area contributed by atoms with E-state index in [9.17, 15) is 5.11 Å². The quantitative estimate of drug-likeness (QED) is 0.597. The molecule has 1 aromatic rings. The zero-order chi connectivity index (χ0) is 11.8. The lowest BCUT2D eigenvalue weighted by Crippen LogP contribution is -2.16. The molecular formula is C14H20OS. The monoisotopic (exact) mass is 236 g/mol. The van der Waals surface area contributed by atoms with Gasteiger partial charge in [-0.1, -0.05) is 50.6 Å². The lowest BCUT2D eigenvalue weighted by atomic mass is 10.2. The van der Waals surface area contributed by atoms with Crippen LogP contribution >= 0.6 is 11.8 Å². The molecule has 0 saturated heterocycles. The molecule has 0 aliphatic carbocycles. The highest BCUT2D eigenvalue weighted by Gasteiger charge is 2.11. The minimum Gasteiger partial charge on any atom is -0.388 e. The molecule has 16 heavy (non-hydrogen) atoms. The summed E-state index contributed by atoms with van der Waals surface area (Å²) >= 11 is 1.71. The summed E-state index contributed by atoms with van der Waals surface area (Å²) in [7, 11) is 0. The van der Waals surface area contributed by atoms with Crippen LogP contribution < -0.4 is 0 Å². The fraction of sp³-hybridized carbons (Fsp3) is 0.429. The zero-order valence-electron chi connectivity index (χ0n) is 9.97. The minimum atomic E-state index is -0.364. The Morgan fingerprint density at radius 3 is 2.62 bits per heavy atom. The minimum absolute atomic E-state index is 0.190. The lowest BCUT2D eigenvalue weighted by molar-refractivity contribution is 0.224. The third-order valence-electron chi connectivity index (χ3n) is 2.33. The summed E-state index contributed by atoms with van der Waals surface area (Å²) in [6.07, 6.45) is 5.77. The molecule has 1 aromatic carbocycles. The Morgan fingerprint density at radius 1 is 1.31 bits per heavy atom. The Kier molecular flexibility index (Phi) is 6.27. The maximum atomic E-state index is 9.90. The molecule has 0 spiro atoms. The van der Waals surface area contributed by atoms with Crippen LogP contribution in [0.5, 0.6) is 0 Å². The second kappa shape index (κ2) is 7.53. The highest BCUT2D eigenvalue weighted by molar-refractivity contribution is 8.00. The lowest BCUT2D eigenvalue weighted by Gasteiger charge is -2.15. The summed E-state index contributed by atoms with van der Waals surface area (Å²) in [4.78, 5) is 1.21. The summed E-state index contributed by atoms with van der Waals surface area (Å²) in [5.74, 6) is 0. The Hall–Kier alpha value is -0.730. The van der Waals surface area contributed by atoms with Crippen molar-refractivity contribution in [2.24, 2.45) is 0 Å². The number of hydrogen-bond acceptors (Lipinski definition) is 2. The standard InChI is InChI=1S/C14H20OS/c1-3-4-6-11-14(15)12(2)16-13-9-7-5-8-10-13/h5-12,14-15H,3-4H2,1-2H3/b11-6+. The third-order valence-corrected chi connectivity index (χ3v) is 3.53. The number of unbranched alkanes of at least 4 members (excludes halogenated alkanes) is 1. The van der Waals surface area contributed by atoms with E-state index in [1.54, 1.807) is 11.8 Å². The second-order valence-corrected chi connectivity index (χ2v) is 5.29. The van der Waals surface area contributed by atoms with Crippen molar-refractivity contribution >= 4 is 11.8 Å². The molecule has 0 aromatic heterocycles. The van der Waals surface area contributed by atoms with Crippen LogP contribution in [0.4, 0.5) is 0 Å². The second-order valence-electron chi connectivity index (χ2n) is 3.84. The topological polar surface area (TPSA) is 20.2 Å². The van der Waals surface area contributed by atoms with Gasteiger partial charge in [-0.15, -0.1) is 11.8 Å². The number of aliphatic hydroxyl groups is 1. The number of allylic oxidation sites excluding steroid dienone is 1. The molecule has 0 fully saturated rings. The molecule has 2 unspecified atom stereocenters. The van der Waals surface area contributed by atoms with E-state index < -0.39 is 0 Å². The summed E-state index contributed by atoms with van der Waals surface area (Å²) < 4.78 is 0. The average Bonchev–Trinajstić information content (AvgIpc) is 2.30. The van der Waals surface area contributed by atoms with Crippen molar-refractivity contribution in [3.63, 3.8) is 0 Å². The van der Waals surface area contributed by atoms with Crippen LogP contribution in [0.1, 0.15) is 26.7 Å². The Morgan fingerprint density at radius 2 is 2.00 bits per heavy atom. The molecule has 1 rings (SSSR count). The predicted molar refractivity (Wildman–Crippen MR) is 71.8 cm³/mol. The maximum Gasteiger partial charge on any atom is 0.0840 e. The van der Waals surface area contributed by atoms with Crippen LogP contribution in [-0.4, -0.2) is 16.5 Å². The van der Waals surface area contributed by atoms with E-state index >= 15 is 0 Å². The van der Waals surface area contributed by atoms with Crippen molar-refractivity contribution in [1.29, 1.82) is 0 Å². The van der Waals surface area contributed by atoms with Gasteiger partial charge in [-0.2, -0.15) is 0 Å². The molecule has 0 amide bonds. The van der Waals surface area contributed by atoms with Crippen molar-refractivity contribution < 1.29 is 5.11 Å². The molecule has 0 aliphatic heterocycles. The van der Waals surface area contributed by atoms with Crippen LogP contribution in [0.25, 0.3) is 0 Å². The summed E-state index contributed by atoms with van der Waals surface area (Å²) in [5, 5.41) is 10.1. The number of rotatable bonds is 6. The van der Waals surface area contributed by atoms with Crippen molar-refractivity contribution in [3.05, 3.63) is 42.5 Å². The largest absolute Gasteiger partial charge is 0.388 e. The van der Waals surface area contributed by atoms with Crippen LogP contribution in [0.3, 0.4) is 0 Å². The number of hydrogen-bond donors (Lipinski definition) is 1. The van der Waals surface area contributed by atoms with Crippen molar-refractivity contribution in [2.75, 3.05) is 0 Å². The molecule has 0 saturated carbocycles. The van der Waals surface area contributed by atoms with Gasteiger partial charge >= 0.3 is 0 Å². The molecule has 88 valence electrons. The summed E-state index contributed by atoms with van der Waals surface area (Å²) in [6, 6.07) is 10.2. The molecule has 2 heteroatoms.